The molecule has 1 atom stereocenters. The van der Waals surface area contributed by atoms with Gasteiger partial charge in [0.15, 0.2) is 0 Å². The highest BCUT2D eigenvalue weighted by atomic mass is 19.1. The Balaban J connectivity index is 1.33. The lowest BCUT2D eigenvalue weighted by atomic mass is 9.97. The van der Waals surface area contributed by atoms with Crippen molar-refractivity contribution in [2.75, 3.05) is 24.5 Å². The summed E-state index contributed by atoms with van der Waals surface area (Å²) >= 11 is 0. The zero-order valence-electron chi connectivity index (χ0n) is 17.5. The first kappa shape index (κ1) is 19.4. The van der Waals surface area contributed by atoms with Gasteiger partial charge >= 0.3 is 0 Å². The van der Waals surface area contributed by atoms with E-state index in [9.17, 15) is 14.3 Å². The van der Waals surface area contributed by atoms with Crippen LogP contribution in [0.4, 0.5) is 16.0 Å². The predicted octanol–water partition coefficient (Wildman–Crippen LogP) is 3.67. The average Bonchev–Trinajstić information content (AvgIpc) is 3.35. The lowest BCUT2D eigenvalue weighted by molar-refractivity contribution is 0.0765. The second-order valence-electron chi connectivity index (χ2n) is 9.04. The monoisotopic (exact) mass is 430 g/mol. The Labute approximate surface area is 185 Å². The van der Waals surface area contributed by atoms with Gasteiger partial charge in [-0.15, -0.1) is 0 Å². The molecule has 162 valence electrons. The van der Waals surface area contributed by atoms with Crippen LogP contribution < -0.4 is 4.90 Å². The van der Waals surface area contributed by atoms with Gasteiger partial charge in [-0.2, -0.15) is 0 Å². The summed E-state index contributed by atoms with van der Waals surface area (Å²) < 4.78 is 14.1. The fourth-order valence-electron chi connectivity index (χ4n) is 4.97. The molecule has 0 radical (unpaired) electrons. The first-order valence-corrected chi connectivity index (χ1v) is 11.0. The van der Waals surface area contributed by atoms with Gasteiger partial charge in [0.05, 0.1) is 6.10 Å². The molecule has 6 rings (SSSR count). The number of benzene rings is 2. The second-order valence-corrected chi connectivity index (χ2v) is 9.04. The molecule has 32 heavy (non-hydrogen) atoms. The second kappa shape index (κ2) is 7.10. The van der Waals surface area contributed by atoms with E-state index in [0.29, 0.717) is 42.1 Å². The molecule has 3 heterocycles. The van der Waals surface area contributed by atoms with Crippen molar-refractivity contribution in [3.63, 3.8) is 0 Å². The maximum atomic E-state index is 14.1. The van der Waals surface area contributed by atoms with Crippen molar-refractivity contribution >= 4 is 17.5 Å². The third-order valence-electron chi connectivity index (χ3n) is 6.94. The minimum atomic E-state index is -0.444. The number of rotatable bonds is 3. The van der Waals surface area contributed by atoms with E-state index in [1.165, 1.54) is 11.6 Å². The van der Waals surface area contributed by atoms with E-state index >= 15 is 0 Å². The van der Waals surface area contributed by atoms with Crippen LogP contribution in [-0.4, -0.2) is 51.6 Å². The van der Waals surface area contributed by atoms with Gasteiger partial charge in [-0.05, 0) is 43.0 Å². The van der Waals surface area contributed by atoms with Gasteiger partial charge in [0, 0.05) is 59.8 Å². The van der Waals surface area contributed by atoms with E-state index in [1.807, 2.05) is 12.1 Å². The van der Waals surface area contributed by atoms with Crippen LogP contribution in [0.25, 0.3) is 11.1 Å². The molecular weight excluding hydrogens is 407 g/mol. The molecule has 3 aliphatic rings. The Morgan fingerprint density at radius 2 is 1.91 bits per heavy atom. The first-order valence-electron chi connectivity index (χ1n) is 11.0. The quantitative estimate of drug-likeness (QED) is 0.687. The lowest BCUT2D eigenvalue weighted by Gasteiger charge is -2.20. The van der Waals surface area contributed by atoms with Gasteiger partial charge in [-0.1, -0.05) is 24.3 Å². The summed E-state index contributed by atoms with van der Waals surface area (Å²) in [5, 5.41) is 9.80. The van der Waals surface area contributed by atoms with Crippen LogP contribution in [0.1, 0.15) is 35.2 Å². The zero-order chi connectivity index (χ0) is 21.9. The van der Waals surface area contributed by atoms with Crippen molar-refractivity contribution in [1.29, 1.82) is 0 Å². The number of hydrogen-bond donors (Lipinski definition) is 1. The van der Waals surface area contributed by atoms with E-state index in [4.69, 9.17) is 0 Å². The number of anilines is 2. The fraction of sp³-hybridized carbons (Fsp3) is 0.320. The first-order chi connectivity index (χ1) is 15.5. The van der Waals surface area contributed by atoms with Gasteiger partial charge in [-0.25, -0.2) is 14.4 Å². The van der Waals surface area contributed by atoms with E-state index in [-0.39, 0.29) is 17.1 Å². The summed E-state index contributed by atoms with van der Waals surface area (Å²) in [6.45, 7) is 1.73. The number of nitrogens with zero attached hydrogens (tertiary/aromatic N) is 4. The average molecular weight is 430 g/mol. The number of hydrogen-bond acceptors (Lipinski definition) is 5. The Kier molecular flexibility index (Phi) is 4.30. The van der Waals surface area contributed by atoms with Gasteiger partial charge in [0.25, 0.3) is 5.91 Å². The molecule has 1 aliphatic carbocycles. The van der Waals surface area contributed by atoms with Crippen LogP contribution in [0, 0.1) is 5.82 Å². The summed E-state index contributed by atoms with van der Waals surface area (Å²) in [5.41, 5.74) is 4.02. The number of likely N-dealkylation sites (tertiary alicyclic amines) is 1. The van der Waals surface area contributed by atoms with Crippen molar-refractivity contribution in [3.8, 4) is 11.1 Å². The summed E-state index contributed by atoms with van der Waals surface area (Å²) in [6, 6.07) is 12.5. The maximum absolute atomic E-state index is 14.1. The number of amides is 1. The number of aliphatic hydroxyl groups excluding tert-OH is 1. The molecule has 7 heteroatoms. The van der Waals surface area contributed by atoms with Gasteiger partial charge in [0.1, 0.15) is 5.82 Å². The zero-order valence-corrected chi connectivity index (χ0v) is 17.5. The maximum Gasteiger partial charge on any atom is 0.254 e. The molecule has 1 spiro atoms. The summed E-state index contributed by atoms with van der Waals surface area (Å²) in [5.74, 6) is 0.190. The Morgan fingerprint density at radius 3 is 2.59 bits per heavy atom. The number of aliphatic hydroxyl groups is 1. The molecular formula is C25H23FN4O2. The lowest BCUT2D eigenvalue weighted by Crippen LogP contribution is -2.29. The number of fused-ring (bicyclic) bond motifs is 2. The normalized spacial score (nSPS) is 20.6. The molecule has 2 aliphatic heterocycles. The molecule has 1 saturated carbocycles. The van der Waals surface area contributed by atoms with E-state index in [2.05, 4.69) is 20.9 Å². The topological polar surface area (TPSA) is 69.6 Å². The van der Waals surface area contributed by atoms with E-state index < -0.39 is 6.10 Å². The molecule has 2 aromatic carbocycles. The number of β-amino-alcohol motifs (C(OH)–C–C–N with tert-alkyl or cyclic N) is 1. The predicted molar refractivity (Wildman–Crippen MR) is 118 cm³/mol. The SMILES string of the molecule is O=C(c1ccc2c(c1)N(c1ncc(-c3ccccc3F)cn1)CC21CC1)N1CC[C@H](O)C1. The smallest absolute Gasteiger partial charge is 0.254 e. The highest BCUT2D eigenvalue weighted by molar-refractivity contribution is 5.96. The van der Waals surface area contributed by atoms with Crippen LogP contribution in [0.3, 0.4) is 0 Å². The van der Waals surface area contributed by atoms with Crippen molar-refractivity contribution in [2.24, 2.45) is 0 Å². The number of carbonyl (C=O) groups is 1. The fourth-order valence-corrected chi connectivity index (χ4v) is 4.97. The molecule has 2 fully saturated rings. The largest absolute Gasteiger partial charge is 0.391 e. The number of aromatic nitrogens is 2. The highest BCUT2D eigenvalue weighted by Crippen LogP contribution is 2.57. The van der Waals surface area contributed by atoms with Crippen molar-refractivity contribution in [2.45, 2.75) is 30.8 Å². The molecule has 3 aromatic rings. The third kappa shape index (κ3) is 3.07. The molecule has 0 unspecified atom stereocenters. The van der Waals surface area contributed by atoms with Crippen LogP contribution in [0.2, 0.25) is 0 Å². The minimum Gasteiger partial charge on any atom is -0.391 e. The molecule has 1 aromatic heterocycles. The van der Waals surface area contributed by atoms with Gasteiger partial charge in [-0.3, -0.25) is 4.79 Å². The Bertz CT molecular complexity index is 1210. The van der Waals surface area contributed by atoms with E-state index in [1.54, 1.807) is 35.5 Å². The standard InChI is InChI=1S/C25H23FN4O2/c26-21-4-2-1-3-19(21)17-12-27-24(28-13-17)30-15-25(8-9-25)20-6-5-16(11-22(20)30)23(32)29-10-7-18(31)14-29/h1-6,11-13,18,31H,7-10,14-15H2/t18-/m0/s1. The Morgan fingerprint density at radius 1 is 1.12 bits per heavy atom. The summed E-state index contributed by atoms with van der Waals surface area (Å²) in [7, 11) is 0. The van der Waals surface area contributed by atoms with Crippen LogP contribution >= 0.6 is 0 Å². The molecule has 1 N–H and O–H groups in total. The summed E-state index contributed by atoms with van der Waals surface area (Å²) in [6.07, 6.45) is 5.69. The third-order valence-corrected chi connectivity index (χ3v) is 6.94. The van der Waals surface area contributed by atoms with Gasteiger partial charge < -0.3 is 14.9 Å². The minimum absolute atomic E-state index is 0.0585. The number of halogens is 1. The molecule has 1 saturated heterocycles. The van der Waals surface area contributed by atoms with Crippen molar-refractivity contribution in [1.82, 2.24) is 14.9 Å². The molecule has 1 amide bonds. The number of carbonyl (C=O) groups excluding carboxylic acids is 1. The van der Waals surface area contributed by atoms with Crippen LogP contribution in [0.5, 0.6) is 0 Å². The Hall–Kier alpha value is -3.32. The summed E-state index contributed by atoms with van der Waals surface area (Å²) in [4.78, 5) is 25.9. The van der Waals surface area contributed by atoms with Gasteiger partial charge in [0.2, 0.25) is 5.95 Å². The van der Waals surface area contributed by atoms with Crippen molar-refractivity contribution < 1.29 is 14.3 Å². The highest BCUT2D eigenvalue weighted by Gasteiger charge is 2.52. The van der Waals surface area contributed by atoms with E-state index in [0.717, 1.165) is 25.1 Å². The molecule has 0 bridgehead atoms. The van der Waals surface area contributed by atoms with Crippen molar-refractivity contribution in [3.05, 3.63) is 71.8 Å². The molecule has 6 nitrogen and oxygen atoms in total. The van der Waals surface area contributed by atoms with Crippen LogP contribution in [0.15, 0.2) is 54.9 Å². The van der Waals surface area contributed by atoms with Crippen LogP contribution in [-0.2, 0) is 5.41 Å².